The van der Waals surface area contributed by atoms with E-state index >= 15 is 0 Å². The third kappa shape index (κ3) is 1.83. The first-order valence-corrected chi connectivity index (χ1v) is 6.28. The zero-order valence-electron chi connectivity index (χ0n) is 8.98. The summed E-state index contributed by atoms with van der Waals surface area (Å²) in [4.78, 5) is 0. The van der Waals surface area contributed by atoms with Gasteiger partial charge in [-0.1, -0.05) is 27.5 Å². The van der Waals surface area contributed by atoms with Crippen molar-refractivity contribution < 1.29 is 0 Å². The summed E-state index contributed by atoms with van der Waals surface area (Å²) >= 11 is 9.62. The van der Waals surface area contributed by atoms with Crippen LogP contribution < -0.4 is 5.73 Å². The molecule has 2 rings (SSSR count). The lowest BCUT2D eigenvalue weighted by Crippen LogP contribution is -2.45. The van der Waals surface area contributed by atoms with E-state index in [2.05, 4.69) is 29.8 Å². The highest BCUT2D eigenvalue weighted by Gasteiger charge is 2.54. The van der Waals surface area contributed by atoms with Gasteiger partial charge in [0, 0.05) is 20.4 Å². The van der Waals surface area contributed by atoms with Crippen LogP contribution in [0.1, 0.15) is 32.3 Å². The van der Waals surface area contributed by atoms with E-state index in [9.17, 15) is 0 Å². The summed E-state index contributed by atoms with van der Waals surface area (Å²) in [5.74, 6) is 0. The predicted molar refractivity (Wildman–Crippen MR) is 68.3 cm³/mol. The number of hydrogen-bond acceptors (Lipinski definition) is 1. The highest BCUT2D eigenvalue weighted by Crippen LogP contribution is 2.56. The van der Waals surface area contributed by atoms with Crippen LogP contribution in [0.3, 0.4) is 0 Å². The van der Waals surface area contributed by atoms with Gasteiger partial charge in [0.2, 0.25) is 0 Å². The van der Waals surface area contributed by atoms with Gasteiger partial charge >= 0.3 is 0 Å². The highest BCUT2D eigenvalue weighted by atomic mass is 79.9. The highest BCUT2D eigenvalue weighted by molar-refractivity contribution is 9.10. The van der Waals surface area contributed by atoms with E-state index in [0.717, 1.165) is 22.3 Å². The summed E-state index contributed by atoms with van der Waals surface area (Å²) in [6.45, 7) is 4.18. The van der Waals surface area contributed by atoms with Gasteiger partial charge in [-0.25, -0.2) is 0 Å². The summed E-state index contributed by atoms with van der Waals surface area (Å²) < 4.78 is 1.11. The van der Waals surface area contributed by atoms with Crippen molar-refractivity contribution in [2.75, 3.05) is 0 Å². The fraction of sp³-hybridized carbons (Fsp3) is 0.500. The van der Waals surface area contributed by atoms with Crippen LogP contribution in [0.15, 0.2) is 22.7 Å². The number of rotatable bonds is 2. The topological polar surface area (TPSA) is 26.0 Å². The number of nitrogens with two attached hydrogens (primary N) is 1. The summed E-state index contributed by atoms with van der Waals surface area (Å²) in [7, 11) is 0. The Morgan fingerprint density at radius 2 is 2.00 bits per heavy atom. The minimum atomic E-state index is -0.194. The fourth-order valence-corrected chi connectivity index (χ4v) is 3.05. The first-order chi connectivity index (χ1) is 6.87. The van der Waals surface area contributed by atoms with E-state index in [1.54, 1.807) is 0 Å². The van der Waals surface area contributed by atoms with E-state index in [1.165, 1.54) is 5.56 Å². The Kier molecular flexibility index (Phi) is 2.65. The van der Waals surface area contributed by atoms with Crippen LogP contribution in [-0.4, -0.2) is 5.54 Å². The molecule has 0 unspecified atom stereocenters. The van der Waals surface area contributed by atoms with Crippen LogP contribution in [0.25, 0.3) is 0 Å². The van der Waals surface area contributed by atoms with Crippen LogP contribution in [0.5, 0.6) is 0 Å². The Labute approximate surface area is 104 Å². The molecule has 1 aliphatic rings. The summed E-state index contributed by atoms with van der Waals surface area (Å²) in [5, 5.41) is 0.781. The molecule has 0 bridgehead atoms. The van der Waals surface area contributed by atoms with Crippen molar-refractivity contribution in [1.82, 2.24) is 0 Å². The van der Waals surface area contributed by atoms with Crippen LogP contribution in [0.2, 0.25) is 5.02 Å². The molecule has 0 atom stereocenters. The maximum atomic E-state index is 6.26. The van der Waals surface area contributed by atoms with Crippen molar-refractivity contribution >= 4 is 27.5 Å². The molecule has 1 aromatic rings. The normalized spacial score (nSPS) is 19.0. The first kappa shape index (κ1) is 11.4. The maximum absolute atomic E-state index is 6.26. The molecule has 2 N–H and O–H groups in total. The van der Waals surface area contributed by atoms with Gasteiger partial charge in [-0.15, -0.1) is 0 Å². The monoisotopic (exact) mass is 287 g/mol. The minimum absolute atomic E-state index is 0.108. The second-order valence-electron chi connectivity index (χ2n) is 4.93. The molecule has 1 saturated carbocycles. The third-order valence-electron chi connectivity index (χ3n) is 3.43. The predicted octanol–water partition coefficient (Wildman–Crippen LogP) is 3.87. The standard InChI is InChI=1S/C12H15BrClN/c1-11(2,15)12(5-6-12)9-7-8(14)3-4-10(9)13/h3-4,7H,5-6,15H2,1-2H3. The molecule has 0 radical (unpaired) electrons. The average Bonchev–Trinajstić information content (AvgIpc) is 2.88. The number of benzene rings is 1. The van der Waals surface area contributed by atoms with Crippen molar-refractivity contribution in [2.24, 2.45) is 5.73 Å². The first-order valence-electron chi connectivity index (χ1n) is 5.11. The largest absolute Gasteiger partial charge is 0.325 e. The van der Waals surface area contributed by atoms with Crippen LogP contribution in [0.4, 0.5) is 0 Å². The van der Waals surface area contributed by atoms with E-state index in [0.29, 0.717) is 0 Å². The molecular weight excluding hydrogens is 273 g/mol. The lowest BCUT2D eigenvalue weighted by Gasteiger charge is -2.32. The Hall–Kier alpha value is -0.0500. The molecule has 82 valence electrons. The molecule has 0 amide bonds. The molecule has 0 heterocycles. The van der Waals surface area contributed by atoms with Gasteiger partial charge in [-0.2, -0.15) is 0 Å². The van der Waals surface area contributed by atoms with Crippen molar-refractivity contribution in [2.45, 2.75) is 37.6 Å². The second kappa shape index (κ2) is 3.47. The zero-order valence-corrected chi connectivity index (χ0v) is 11.3. The van der Waals surface area contributed by atoms with Crippen molar-refractivity contribution in [3.8, 4) is 0 Å². The van der Waals surface area contributed by atoms with Crippen LogP contribution >= 0.6 is 27.5 Å². The minimum Gasteiger partial charge on any atom is -0.325 e. The lowest BCUT2D eigenvalue weighted by atomic mass is 9.79. The molecule has 15 heavy (non-hydrogen) atoms. The Bertz CT molecular complexity index is 391. The van der Waals surface area contributed by atoms with E-state index in [4.69, 9.17) is 17.3 Å². The van der Waals surface area contributed by atoms with Crippen LogP contribution in [-0.2, 0) is 5.41 Å². The van der Waals surface area contributed by atoms with Gasteiger partial charge in [-0.3, -0.25) is 0 Å². The summed E-state index contributed by atoms with van der Waals surface area (Å²) in [6, 6.07) is 5.94. The molecule has 0 aliphatic heterocycles. The Morgan fingerprint density at radius 3 is 2.47 bits per heavy atom. The molecule has 1 aromatic carbocycles. The molecule has 0 aromatic heterocycles. The number of halogens is 2. The quantitative estimate of drug-likeness (QED) is 0.878. The van der Waals surface area contributed by atoms with Gasteiger partial charge in [0.05, 0.1) is 0 Å². The maximum Gasteiger partial charge on any atom is 0.0409 e. The van der Waals surface area contributed by atoms with Gasteiger partial charge in [0.1, 0.15) is 0 Å². The fourth-order valence-electron chi connectivity index (χ4n) is 2.25. The van der Waals surface area contributed by atoms with Crippen molar-refractivity contribution in [3.63, 3.8) is 0 Å². The molecule has 0 spiro atoms. The van der Waals surface area contributed by atoms with Crippen molar-refractivity contribution in [1.29, 1.82) is 0 Å². The molecule has 1 aliphatic carbocycles. The SMILES string of the molecule is CC(C)(N)C1(c2cc(Cl)ccc2Br)CC1. The molecule has 0 saturated heterocycles. The lowest BCUT2D eigenvalue weighted by molar-refractivity contribution is 0.390. The van der Waals surface area contributed by atoms with E-state index in [1.807, 2.05) is 18.2 Å². The summed E-state index contributed by atoms with van der Waals surface area (Å²) in [6.07, 6.45) is 2.30. The van der Waals surface area contributed by atoms with Gasteiger partial charge in [0.25, 0.3) is 0 Å². The molecular formula is C12H15BrClN. The van der Waals surface area contributed by atoms with Gasteiger partial charge in [-0.05, 0) is 50.5 Å². The number of hydrogen-bond donors (Lipinski definition) is 1. The van der Waals surface area contributed by atoms with Crippen molar-refractivity contribution in [3.05, 3.63) is 33.3 Å². The van der Waals surface area contributed by atoms with Crippen LogP contribution in [0, 0.1) is 0 Å². The second-order valence-corrected chi connectivity index (χ2v) is 6.22. The van der Waals surface area contributed by atoms with Gasteiger partial charge < -0.3 is 5.73 Å². The van der Waals surface area contributed by atoms with E-state index < -0.39 is 0 Å². The molecule has 1 nitrogen and oxygen atoms in total. The molecule has 3 heteroatoms. The molecule has 1 fully saturated rings. The zero-order chi connectivity index (χ0) is 11.3. The van der Waals surface area contributed by atoms with E-state index in [-0.39, 0.29) is 11.0 Å². The third-order valence-corrected chi connectivity index (χ3v) is 4.35. The van der Waals surface area contributed by atoms with Gasteiger partial charge in [0.15, 0.2) is 0 Å². The summed E-state index contributed by atoms with van der Waals surface area (Å²) in [5.41, 5.74) is 7.43. The average molecular weight is 289 g/mol. The smallest absolute Gasteiger partial charge is 0.0409 e. The Morgan fingerprint density at radius 1 is 1.40 bits per heavy atom. The Balaban J connectivity index is 2.50.